The molecule has 2 aromatic carbocycles. The Bertz CT molecular complexity index is 1430. The van der Waals surface area contributed by atoms with Crippen LogP contribution in [0.1, 0.15) is 30.6 Å². The topological polar surface area (TPSA) is 91.4 Å². The summed E-state index contributed by atoms with van der Waals surface area (Å²) >= 11 is 6.59. The maximum absolute atomic E-state index is 13.3. The second kappa shape index (κ2) is 10.8. The van der Waals surface area contributed by atoms with Gasteiger partial charge in [0.25, 0.3) is 5.91 Å². The highest BCUT2D eigenvalue weighted by Gasteiger charge is 2.31. The van der Waals surface area contributed by atoms with Gasteiger partial charge in [0, 0.05) is 47.6 Å². The van der Waals surface area contributed by atoms with E-state index in [1.54, 1.807) is 28.1 Å². The van der Waals surface area contributed by atoms with E-state index in [-0.39, 0.29) is 31.5 Å². The number of ether oxygens (including phenoxy) is 1. The third-order valence-electron chi connectivity index (χ3n) is 6.32. The van der Waals surface area contributed by atoms with Gasteiger partial charge in [-0.15, -0.1) is 0 Å². The first-order valence-corrected chi connectivity index (χ1v) is 12.1. The second-order valence-corrected chi connectivity index (χ2v) is 9.21. The van der Waals surface area contributed by atoms with E-state index in [1.807, 2.05) is 44.2 Å². The molecule has 0 aliphatic carbocycles. The highest BCUT2D eigenvalue weighted by Crippen LogP contribution is 2.30. The van der Waals surface area contributed by atoms with Crippen molar-refractivity contribution in [2.75, 3.05) is 26.2 Å². The number of rotatable bonds is 4. The van der Waals surface area contributed by atoms with Crippen LogP contribution in [0.25, 0.3) is 33.1 Å². The van der Waals surface area contributed by atoms with Crippen molar-refractivity contribution in [3.8, 4) is 11.3 Å². The van der Waals surface area contributed by atoms with Gasteiger partial charge in [-0.2, -0.15) is 18.6 Å². The Hall–Kier alpha value is -3.30. The lowest BCUT2D eigenvalue weighted by Gasteiger charge is -2.39. The van der Waals surface area contributed by atoms with Gasteiger partial charge in [0.15, 0.2) is 0 Å². The van der Waals surface area contributed by atoms with Crippen molar-refractivity contribution in [3.05, 3.63) is 59.2 Å². The van der Waals surface area contributed by atoms with Crippen LogP contribution in [0.15, 0.2) is 48.7 Å². The summed E-state index contributed by atoms with van der Waals surface area (Å²) < 4.78 is 5.27. The van der Waals surface area contributed by atoms with Gasteiger partial charge in [0.2, 0.25) is 0 Å². The van der Waals surface area contributed by atoms with Crippen molar-refractivity contribution in [1.82, 2.24) is 25.0 Å². The molecule has 1 saturated heterocycles. The third kappa shape index (κ3) is 4.99. The maximum Gasteiger partial charge on any atom is 0.410 e. The minimum absolute atomic E-state index is 0. The lowest BCUT2D eigenvalue weighted by atomic mass is 10.1. The first-order chi connectivity index (χ1) is 16.9. The molecule has 1 aliphatic rings. The summed E-state index contributed by atoms with van der Waals surface area (Å²) in [6.07, 6.45) is 2.22. The number of piperazine rings is 1. The Balaban J connectivity index is 0.00000304. The van der Waals surface area contributed by atoms with Crippen LogP contribution in [0.4, 0.5) is 4.79 Å². The van der Waals surface area contributed by atoms with Crippen LogP contribution in [0.3, 0.4) is 0 Å². The summed E-state index contributed by atoms with van der Waals surface area (Å²) in [5.41, 5.74) is 3.78. The molecule has 3 heterocycles. The van der Waals surface area contributed by atoms with E-state index in [4.69, 9.17) is 21.3 Å². The number of aromatic amines is 1. The minimum atomic E-state index is -0.322. The fraction of sp³-hybridized carbons (Fsp3) is 0.308. The molecule has 10 heteroatoms. The Morgan fingerprint density at radius 3 is 2.78 bits per heavy atom. The summed E-state index contributed by atoms with van der Waals surface area (Å²) in [4.78, 5) is 33.9. The van der Waals surface area contributed by atoms with E-state index in [0.29, 0.717) is 42.3 Å². The highest BCUT2D eigenvalue weighted by atomic mass is 35.5. The molecule has 4 aromatic rings. The molecule has 0 bridgehead atoms. The zero-order valence-corrected chi connectivity index (χ0v) is 21.9. The van der Waals surface area contributed by atoms with Gasteiger partial charge >= 0.3 is 6.09 Å². The molecule has 36 heavy (non-hydrogen) atoms. The first kappa shape index (κ1) is 25.8. The first-order valence-electron chi connectivity index (χ1n) is 11.7. The van der Waals surface area contributed by atoms with Crippen LogP contribution in [0, 0.1) is 0 Å². The molecule has 1 atom stereocenters. The third-order valence-corrected chi connectivity index (χ3v) is 6.63. The van der Waals surface area contributed by atoms with E-state index in [2.05, 4.69) is 10.2 Å². The van der Waals surface area contributed by atoms with Crippen molar-refractivity contribution in [2.45, 2.75) is 26.3 Å². The van der Waals surface area contributed by atoms with Gasteiger partial charge < -0.3 is 14.5 Å². The van der Waals surface area contributed by atoms with Crippen molar-refractivity contribution >= 4 is 58.9 Å². The molecule has 0 unspecified atom stereocenters. The molecule has 2 aromatic heterocycles. The quantitative estimate of drug-likeness (QED) is 0.393. The van der Waals surface area contributed by atoms with E-state index in [9.17, 15) is 9.59 Å². The van der Waals surface area contributed by atoms with Gasteiger partial charge in [-0.3, -0.25) is 9.89 Å². The molecule has 188 valence electrons. The zero-order chi connectivity index (χ0) is 24.5. The van der Waals surface area contributed by atoms with Crippen LogP contribution in [-0.4, -0.2) is 69.3 Å². The maximum atomic E-state index is 13.3. The summed E-state index contributed by atoms with van der Waals surface area (Å²) in [7, 11) is 0. The number of fused-ring (bicyclic) bond motifs is 2. The minimum Gasteiger partial charge on any atom is -0.449 e. The molecular weight excluding hydrogens is 498 g/mol. The normalized spacial score (nSPS) is 15.7. The number of pyridine rings is 1. The van der Waals surface area contributed by atoms with Crippen molar-refractivity contribution in [1.29, 1.82) is 0 Å². The van der Waals surface area contributed by atoms with Crippen LogP contribution in [0.2, 0.25) is 5.02 Å². The van der Waals surface area contributed by atoms with Crippen molar-refractivity contribution in [3.63, 3.8) is 0 Å². The molecule has 0 spiro atoms. The van der Waals surface area contributed by atoms with Crippen molar-refractivity contribution < 1.29 is 14.3 Å². The molecule has 1 fully saturated rings. The molecular formula is C26H28ClN5O3S. The Labute approximate surface area is 221 Å². The number of halogens is 1. The van der Waals surface area contributed by atoms with Crippen LogP contribution in [0.5, 0.6) is 0 Å². The number of H-pyrrole nitrogens is 1. The number of nitrogens with zero attached hydrogens (tertiary/aromatic N) is 4. The van der Waals surface area contributed by atoms with E-state index in [0.717, 1.165) is 34.0 Å². The molecule has 0 saturated carbocycles. The number of nitrogens with one attached hydrogen (secondary N) is 1. The van der Waals surface area contributed by atoms with Crippen molar-refractivity contribution in [2.24, 2.45) is 0 Å². The number of benzene rings is 2. The summed E-state index contributed by atoms with van der Waals surface area (Å²) in [5.74, 6) is -0.0940. The number of carbonyl (C=O) groups is 2. The predicted octanol–water partition coefficient (Wildman–Crippen LogP) is 5.24. The SMILES string of the molecule is CCCOC(=O)N1CCN(C(=O)c2ccc3c(Cl)cc(-c4ccc5[nH]ncc5c4)nc3c2)C[C@@H]1C.S. The van der Waals surface area contributed by atoms with Gasteiger partial charge in [-0.05, 0) is 43.7 Å². The number of aromatic nitrogens is 3. The number of hydrogen-bond donors (Lipinski definition) is 1. The second-order valence-electron chi connectivity index (χ2n) is 8.80. The highest BCUT2D eigenvalue weighted by molar-refractivity contribution is 7.59. The number of hydrogen-bond acceptors (Lipinski definition) is 5. The number of carbonyl (C=O) groups excluding carboxylic acids is 2. The Kier molecular flexibility index (Phi) is 7.70. The molecule has 1 aliphatic heterocycles. The standard InChI is InChI=1S/C26H26ClN5O3.H2S/c1-3-10-35-26(34)32-9-8-31(15-16(32)2)25(33)18-4-6-20-21(27)13-23(29-24(20)12-18)17-5-7-22-19(11-17)14-28-30-22;/h4-7,11-14,16H,3,8-10,15H2,1-2H3,(H,28,30);1H2/t16-;/m0./s1. The molecule has 2 amide bonds. The fourth-order valence-corrected chi connectivity index (χ4v) is 4.70. The smallest absolute Gasteiger partial charge is 0.410 e. The summed E-state index contributed by atoms with van der Waals surface area (Å²) in [6.45, 7) is 5.61. The molecule has 0 radical (unpaired) electrons. The lowest BCUT2D eigenvalue weighted by Crippen LogP contribution is -2.55. The number of amides is 2. The van der Waals surface area contributed by atoms with Crippen LogP contribution in [-0.2, 0) is 4.74 Å². The lowest BCUT2D eigenvalue weighted by molar-refractivity contribution is 0.0412. The molecule has 1 N–H and O–H groups in total. The van der Waals surface area contributed by atoms with Gasteiger partial charge in [-0.1, -0.05) is 30.7 Å². The Morgan fingerprint density at radius 2 is 2.00 bits per heavy atom. The summed E-state index contributed by atoms with van der Waals surface area (Å²) in [6, 6.07) is 13.0. The largest absolute Gasteiger partial charge is 0.449 e. The molecule has 5 rings (SSSR count). The van der Waals surface area contributed by atoms with Gasteiger partial charge in [-0.25, -0.2) is 9.78 Å². The van der Waals surface area contributed by atoms with Gasteiger partial charge in [0.1, 0.15) is 0 Å². The van der Waals surface area contributed by atoms with Crippen LogP contribution < -0.4 is 0 Å². The Morgan fingerprint density at radius 1 is 1.17 bits per heavy atom. The van der Waals surface area contributed by atoms with Crippen LogP contribution >= 0.6 is 25.1 Å². The molecule has 8 nitrogen and oxygen atoms in total. The average molecular weight is 526 g/mol. The zero-order valence-electron chi connectivity index (χ0n) is 20.1. The van der Waals surface area contributed by atoms with Gasteiger partial charge in [0.05, 0.1) is 34.6 Å². The van der Waals surface area contributed by atoms with E-state index in [1.165, 1.54) is 0 Å². The van der Waals surface area contributed by atoms with E-state index < -0.39 is 0 Å². The van der Waals surface area contributed by atoms with E-state index >= 15 is 0 Å². The summed E-state index contributed by atoms with van der Waals surface area (Å²) in [5, 5.41) is 9.35. The fourth-order valence-electron chi connectivity index (χ4n) is 4.44. The predicted molar refractivity (Wildman–Crippen MR) is 146 cm³/mol. The average Bonchev–Trinajstić information content (AvgIpc) is 3.34. The monoisotopic (exact) mass is 525 g/mol.